The fourth-order valence-corrected chi connectivity index (χ4v) is 3.54. The van der Waals surface area contributed by atoms with Gasteiger partial charge in [-0.25, -0.2) is 8.78 Å². The summed E-state index contributed by atoms with van der Waals surface area (Å²) in [5.41, 5.74) is 0.523. The van der Waals surface area contributed by atoms with Crippen LogP contribution in [0.3, 0.4) is 0 Å². The summed E-state index contributed by atoms with van der Waals surface area (Å²) in [5.74, 6) is -0.261. The number of amides is 1. The number of allylic oxidation sites excluding steroid dienone is 1. The molecule has 7 nitrogen and oxygen atoms in total. The van der Waals surface area contributed by atoms with Crippen LogP contribution in [0.4, 0.5) is 14.5 Å². The quantitative estimate of drug-likeness (QED) is 0.393. The van der Waals surface area contributed by atoms with Gasteiger partial charge < -0.3 is 14.8 Å². The highest BCUT2D eigenvalue weighted by Crippen LogP contribution is 2.33. The minimum atomic E-state index is -0.717. The lowest BCUT2D eigenvalue weighted by atomic mass is 10.2. The number of aromatic nitrogens is 3. The summed E-state index contributed by atoms with van der Waals surface area (Å²) < 4.78 is 39.4. The monoisotopic (exact) mass is 446 g/mol. The minimum absolute atomic E-state index is 0.0723. The Hall–Kier alpha value is -3.40. The van der Waals surface area contributed by atoms with Gasteiger partial charge in [-0.1, -0.05) is 17.8 Å². The largest absolute Gasteiger partial charge is 0.493 e. The van der Waals surface area contributed by atoms with Crippen molar-refractivity contribution in [3.05, 3.63) is 60.7 Å². The molecule has 2 aromatic carbocycles. The molecule has 1 N–H and O–H groups in total. The number of carbonyl (C=O) groups is 1. The van der Waals surface area contributed by atoms with E-state index in [4.69, 9.17) is 9.47 Å². The van der Waals surface area contributed by atoms with E-state index >= 15 is 0 Å². The summed E-state index contributed by atoms with van der Waals surface area (Å²) in [7, 11) is 3.09. The second kappa shape index (κ2) is 10.1. The molecule has 3 rings (SSSR count). The molecule has 1 amide bonds. The molecule has 0 fully saturated rings. The molecule has 1 heterocycles. The van der Waals surface area contributed by atoms with E-state index in [1.54, 1.807) is 29.9 Å². The molecule has 1 aromatic heterocycles. The van der Waals surface area contributed by atoms with E-state index in [0.29, 0.717) is 29.0 Å². The zero-order chi connectivity index (χ0) is 22.4. The van der Waals surface area contributed by atoms with E-state index in [1.165, 1.54) is 7.11 Å². The molecular weight excluding hydrogens is 426 g/mol. The van der Waals surface area contributed by atoms with Crippen LogP contribution in [0.25, 0.3) is 11.4 Å². The van der Waals surface area contributed by atoms with Crippen molar-refractivity contribution in [1.29, 1.82) is 0 Å². The number of methoxy groups -OCH3 is 2. The summed E-state index contributed by atoms with van der Waals surface area (Å²) >= 11 is 1.11. The SMILES string of the molecule is C=CCn1c(SCC(=O)Nc2cc(F)ccc2F)nnc1-c1ccc(OC)c(OC)c1. The smallest absolute Gasteiger partial charge is 0.234 e. The van der Waals surface area contributed by atoms with Crippen molar-refractivity contribution in [2.75, 3.05) is 25.3 Å². The highest BCUT2D eigenvalue weighted by Gasteiger charge is 2.17. The zero-order valence-corrected chi connectivity index (χ0v) is 17.7. The number of nitrogens with zero attached hydrogens (tertiary/aromatic N) is 3. The first-order valence-corrected chi connectivity index (χ1v) is 10.1. The van der Waals surface area contributed by atoms with Crippen LogP contribution in [0, 0.1) is 11.6 Å². The Bertz CT molecular complexity index is 1100. The average molecular weight is 446 g/mol. The Morgan fingerprint density at radius 3 is 2.65 bits per heavy atom. The van der Waals surface area contributed by atoms with Crippen LogP contribution in [-0.2, 0) is 11.3 Å². The van der Waals surface area contributed by atoms with Crippen LogP contribution in [-0.4, -0.2) is 40.6 Å². The Kier molecular flexibility index (Phi) is 7.24. The number of anilines is 1. The summed E-state index contributed by atoms with van der Waals surface area (Å²) in [6.45, 7) is 4.16. The third kappa shape index (κ3) is 5.21. The average Bonchev–Trinajstić information content (AvgIpc) is 3.17. The van der Waals surface area contributed by atoms with Gasteiger partial charge in [0.1, 0.15) is 11.6 Å². The molecule has 3 aromatic rings. The third-order valence-electron chi connectivity index (χ3n) is 4.21. The maximum Gasteiger partial charge on any atom is 0.234 e. The predicted molar refractivity (Wildman–Crippen MR) is 114 cm³/mol. The maximum atomic E-state index is 13.7. The first kappa shape index (κ1) is 22.3. The number of benzene rings is 2. The van der Waals surface area contributed by atoms with E-state index in [2.05, 4.69) is 22.1 Å². The Labute approximate surface area is 182 Å². The standard InChI is InChI=1S/C21H20F2N4O3S/c1-4-9-27-20(13-5-8-17(29-2)18(10-13)30-3)25-26-21(27)31-12-19(28)24-16-11-14(22)6-7-15(16)23/h4-8,10-11H,1,9,12H2,2-3H3,(H,24,28). The van der Waals surface area contributed by atoms with Gasteiger partial charge in [-0.15, -0.1) is 16.8 Å². The lowest BCUT2D eigenvalue weighted by molar-refractivity contribution is -0.113. The number of ether oxygens (including phenoxy) is 2. The van der Waals surface area contributed by atoms with Crippen LogP contribution in [0.15, 0.2) is 54.2 Å². The van der Waals surface area contributed by atoms with Crippen molar-refractivity contribution in [2.45, 2.75) is 11.7 Å². The Morgan fingerprint density at radius 1 is 1.16 bits per heavy atom. The first-order chi connectivity index (χ1) is 15.0. The van der Waals surface area contributed by atoms with Crippen LogP contribution in [0.5, 0.6) is 11.5 Å². The molecule has 0 saturated heterocycles. The number of carbonyl (C=O) groups excluding carboxylic acids is 1. The van der Waals surface area contributed by atoms with Gasteiger partial charge in [0.15, 0.2) is 22.5 Å². The van der Waals surface area contributed by atoms with Gasteiger partial charge in [-0.05, 0) is 30.3 Å². The van der Waals surface area contributed by atoms with E-state index in [-0.39, 0.29) is 11.4 Å². The molecule has 31 heavy (non-hydrogen) atoms. The van der Waals surface area contributed by atoms with Gasteiger partial charge in [0.2, 0.25) is 5.91 Å². The second-order valence-electron chi connectivity index (χ2n) is 6.24. The van der Waals surface area contributed by atoms with E-state index in [9.17, 15) is 13.6 Å². The lowest BCUT2D eigenvalue weighted by Crippen LogP contribution is -2.15. The number of halogens is 2. The summed E-state index contributed by atoms with van der Waals surface area (Å²) in [5, 5.41) is 11.2. The zero-order valence-electron chi connectivity index (χ0n) is 16.9. The van der Waals surface area contributed by atoms with Crippen molar-refractivity contribution >= 4 is 23.4 Å². The minimum Gasteiger partial charge on any atom is -0.493 e. The number of rotatable bonds is 9. The molecule has 0 aliphatic carbocycles. The molecule has 0 bridgehead atoms. The highest BCUT2D eigenvalue weighted by atomic mass is 32.2. The van der Waals surface area contributed by atoms with E-state index in [1.807, 2.05) is 6.07 Å². The lowest BCUT2D eigenvalue weighted by Gasteiger charge is -2.11. The van der Waals surface area contributed by atoms with Crippen LogP contribution < -0.4 is 14.8 Å². The molecule has 0 unspecified atom stereocenters. The third-order valence-corrected chi connectivity index (χ3v) is 5.17. The Balaban J connectivity index is 1.78. The second-order valence-corrected chi connectivity index (χ2v) is 7.18. The van der Waals surface area contributed by atoms with E-state index in [0.717, 1.165) is 35.5 Å². The molecular formula is C21H20F2N4O3S. The molecule has 0 radical (unpaired) electrons. The fraction of sp³-hybridized carbons (Fsp3) is 0.190. The van der Waals surface area contributed by atoms with Gasteiger partial charge in [-0.3, -0.25) is 9.36 Å². The van der Waals surface area contributed by atoms with Crippen molar-refractivity contribution in [2.24, 2.45) is 0 Å². The van der Waals surface area contributed by atoms with Crippen LogP contribution in [0.2, 0.25) is 0 Å². The van der Waals surface area contributed by atoms with Gasteiger partial charge in [0.05, 0.1) is 25.7 Å². The van der Waals surface area contributed by atoms with Gasteiger partial charge >= 0.3 is 0 Å². The predicted octanol–water partition coefficient (Wildman–Crippen LogP) is 4.16. The number of hydrogen-bond donors (Lipinski definition) is 1. The van der Waals surface area contributed by atoms with Gasteiger partial charge in [-0.2, -0.15) is 0 Å². The molecule has 0 saturated carbocycles. The molecule has 0 aliphatic heterocycles. The summed E-state index contributed by atoms with van der Waals surface area (Å²) in [4.78, 5) is 12.2. The number of nitrogens with one attached hydrogen (secondary N) is 1. The molecule has 10 heteroatoms. The van der Waals surface area contributed by atoms with E-state index < -0.39 is 17.5 Å². The molecule has 0 spiro atoms. The van der Waals surface area contributed by atoms with Crippen LogP contribution in [0.1, 0.15) is 0 Å². The highest BCUT2D eigenvalue weighted by molar-refractivity contribution is 7.99. The van der Waals surface area contributed by atoms with Crippen LogP contribution >= 0.6 is 11.8 Å². The maximum absolute atomic E-state index is 13.7. The topological polar surface area (TPSA) is 78.3 Å². The number of thioether (sulfide) groups is 1. The van der Waals surface area contributed by atoms with Crippen molar-refractivity contribution < 1.29 is 23.0 Å². The Morgan fingerprint density at radius 2 is 1.94 bits per heavy atom. The van der Waals surface area contributed by atoms with Crippen molar-refractivity contribution in [3.8, 4) is 22.9 Å². The summed E-state index contributed by atoms with van der Waals surface area (Å²) in [6.07, 6.45) is 1.68. The van der Waals surface area contributed by atoms with Crippen molar-refractivity contribution in [1.82, 2.24) is 14.8 Å². The number of hydrogen-bond acceptors (Lipinski definition) is 6. The fourth-order valence-electron chi connectivity index (χ4n) is 2.79. The molecule has 162 valence electrons. The van der Waals surface area contributed by atoms with Gasteiger partial charge in [0.25, 0.3) is 0 Å². The van der Waals surface area contributed by atoms with Crippen molar-refractivity contribution in [3.63, 3.8) is 0 Å². The summed E-state index contributed by atoms with van der Waals surface area (Å²) in [6, 6.07) is 8.21. The van der Waals surface area contributed by atoms with Gasteiger partial charge in [0, 0.05) is 18.2 Å². The molecule has 0 atom stereocenters. The molecule has 0 aliphatic rings. The first-order valence-electron chi connectivity index (χ1n) is 9.11. The normalized spacial score (nSPS) is 10.6.